The number of carbonyl (C=O) groups is 2. The van der Waals surface area contributed by atoms with E-state index in [4.69, 9.17) is 32.7 Å². The van der Waals surface area contributed by atoms with E-state index < -0.39 is 12.1 Å². The van der Waals surface area contributed by atoms with E-state index >= 15 is 0 Å². The second-order valence-electron chi connectivity index (χ2n) is 8.17. The molecule has 7 nitrogen and oxygen atoms in total. The molecule has 5 rings (SSSR count). The summed E-state index contributed by atoms with van der Waals surface area (Å²) in [5.74, 6) is -0.132. The molecule has 2 aliphatic heterocycles. The summed E-state index contributed by atoms with van der Waals surface area (Å²) >= 11 is 13.7. The number of likely N-dealkylation sites (N-methyl/N-ethyl adjacent to an activating group) is 1. The number of esters is 1. The van der Waals surface area contributed by atoms with Crippen molar-refractivity contribution in [3.05, 3.63) is 73.6 Å². The van der Waals surface area contributed by atoms with Crippen LogP contribution in [0.1, 0.15) is 42.9 Å². The van der Waals surface area contributed by atoms with Gasteiger partial charge in [-0.1, -0.05) is 29.3 Å². The topological polar surface area (TPSA) is 79.9 Å². The van der Waals surface area contributed by atoms with E-state index in [1.165, 1.54) is 24.1 Å². The van der Waals surface area contributed by atoms with E-state index in [0.29, 0.717) is 10.8 Å². The molecule has 1 aromatic heterocycles. The molecule has 0 radical (unpaired) electrons. The third-order valence-electron chi connectivity index (χ3n) is 5.90. The van der Waals surface area contributed by atoms with Crippen molar-refractivity contribution in [2.75, 3.05) is 26.0 Å². The first-order chi connectivity index (χ1) is 16.3. The lowest BCUT2D eigenvalue weighted by atomic mass is 10.0. The lowest BCUT2D eigenvalue weighted by Crippen LogP contribution is -2.38. The third-order valence-corrected chi connectivity index (χ3v) is 7.60. The zero-order valence-corrected chi connectivity index (χ0v) is 20.7. The van der Waals surface area contributed by atoms with Crippen LogP contribution in [-0.4, -0.2) is 37.5 Å². The average Bonchev–Trinajstić information content (AvgIpc) is 3.17. The Morgan fingerprint density at radius 1 is 1.15 bits per heavy atom. The molecule has 0 unspecified atom stereocenters. The van der Waals surface area contributed by atoms with Crippen LogP contribution in [0.25, 0.3) is 0 Å². The maximum atomic E-state index is 13.0. The number of rotatable bonds is 4. The van der Waals surface area contributed by atoms with Crippen molar-refractivity contribution in [1.29, 1.82) is 0 Å². The molecule has 2 N–H and O–H groups in total. The fraction of sp³-hybridized carbons (Fsp3) is 0.250. The van der Waals surface area contributed by atoms with Crippen molar-refractivity contribution in [2.45, 2.75) is 19.1 Å². The van der Waals surface area contributed by atoms with Gasteiger partial charge in [-0.3, -0.25) is 4.79 Å². The van der Waals surface area contributed by atoms with Gasteiger partial charge in [-0.2, -0.15) is 0 Å². The number of nitrogens with zero attached hydrogens (tertiary/aromatic N) is 1. The Labute approximate surface area is 210 Å². The van der Waals surface area contributed by atoms with Crippen molar-refractivity contribution < 1.29 is 19.1 Å². The van der Waals surface area contributed by atoms with Gasteiger partial charge in [0.05, 0.1) is 23.3 Å². The number of anilines is 1. The zero-order valence-electron chi connectivity index (χ0n) is 18.4. The number of hydrogen-bond donors (Lipinski definition) is 2. The van der Waals surface area contributed by atoms with Gasteiger partial charge < -0.3 is 25.0 Å². The highest BCUT2D eigenvalue weighted by atomic mass is 35.5. The highest BCUT2D eigenvalue weighted by Crippen LogP contribution is 2.41. The fourth-order valence-electron chi connectivity index (χ4n) is 4.17. The summed E-state index contributed by atoms with van der Waals surface area (Å²) in [6, 6.07) is 9.69. The van der Waals surface area contributed by atoms with Crippen molar-refractivity contribution in [2.24, 2.45) is 0 Å². The molecule has 3 aromatic rings. The monoisotopic (exact) mass is 517 g/mol. The van der Waals surface area contributed by atoms with Crippen LogP contribution < -0.4 is 20.1 Å². The van der Waals surface area contributed by atoms with Gasteiger partial charge >= 0.3 is 5.97 Å². The summed E-state index contributed by atoms with van der Waals surface area (Å²) in [4.78, 5) is 29.1. The first kappa shape index (κ1) is 23.0. The van der Waals surface area contributed by atoms with Crippen molar-refractivity contribution in [3.8, 4) is 11.5 Å². The minimum Gasteiger partial charge on any atom is -0.493 e. The van der Waals surface area contributed by atoms with Gasteiger partial charge in [0.25, 0.3) is 5.91 Å². The van der Waals surface area contributed by atoms with Crippen molar-refractivity contribution in [1.82, 2.24) is 10.2 Å². The largest absolute Gasteiger partial charge is 0.493 e. The van der Waals surface area contributed by atoms with Crippen LogP contribution in [0, 0.1) is 0 Å². The summed E-state index contributed by atoms with van der Waals surface area (Å²) in [6.07, 6.45) is 0.422. The molecule has 0 fully saturated rings. The molecular formula is C24H21Cl2N3O4S. The van der Waals surface area contributed by atoms with Gasteiger partial charge in [0.15, 0.2) is 11.5 Å². The maximum absolute atomic E-state index is 13.0. The highest BCUT2D eigenvalue weighted by Gasteiger charge is 2.33. The first-order valence-corrected chi connectivity index (χ1v) is 12.2. The SMILES string of the molecule is COc1cc([C@H]2NC(=O)c3c(sc4c3CCN(C)C4)N2)ccc1OC(=O)c1ccc(Cl)cc1Cl. The Bertz CT molecular complexity index is 1310. The molecule has 176 valence electrons. The molecule has 0 spiro atoms. The predicted molar refractivity (Wildman–Crippen MR) is 133 cm³/mol. The minimum atomic E-state index is -0.629. The number of amides is 1. The van der Waals surface area contributed by atoms with Crippen LogP contribution in [0.2, 0.25) is 10.0 Å². The first-order valence-electron chi connectivity index (χ1n) is 10.6. The highest BCUT2D eigenvalue weighted by molar-refractivity contribution is 7.16. The van der Waals surface area contributed by atoms with Crippen LogP contribution in [0.3, 0.4) is 0 Å². The van der Waals surface area contributed by atoms with Gasteiger partial charge in [-0.25, -0.2) is 4.79 Å². The van der Waals surface area contributed by atoms with Crippen LogP contribution >= 0.6 is 34.5 Å². The van der Waals surface area contributed by atoms with Gasteiger partial charge in [-0.05, 0) is 54.9 Å². The van der Waals surface area contributed by atoms with Gasteiger partial charge in [0, 0.05) is 23.0 Å². The molecule has 0 saturated carbocycles. The van der Waals surface area contributed by atoms with E-state index in [1.807, 2.05) is 0 Å². The van der Waals surface area contributed by atoms with E-state index in [0.717, 1.165) is 41.2 Å². The Kier molecular flexibility index (Phi) is 6.16. The number of halogens is 2. The molecule has 10 heteroatoms. The smallest absolute Gasteiger partial charge is 0.345 e. The fourth-order valence-corrected chi connectivity index (χ4v) is 6.01. The molecule has 3 heterocycles. The van der Waals surface area contributed by atoms with E-state index in [1.54, 1.807) is 35.6 Å². The molecule has 1 amide bonds. The third kappa shape index (κ3) is 4.22. The lowest BCUT2D eigenvalue weighted by molar-refractivity contribution is 0.0729. The number of ether oxygens (including phenoxy) is 2. The van der Waals surface area contributed by atoms with Gasteiger partial charge in [0.1, 0.15) is 11.2 Å². The van der Waals surface area contributed by atoms with Crippen molar-refractivity contribution in [3.63, 3.8) is 0 Å². The van der Waals surface area contributed by atoms with Crippen LogP contribution in [0.15, 0.2) is 36.4 Å². The standard InChI is InChI=1S/C24H21Cl2N3O4S/c1-29-8-7-15-19(11-29)34-23-20(15)22(30)27-21(28-23)12-3-6-17(18(9-12)32-2)33-24(31)14-5-4-13(25)10-16(14)26/h3-6,9-10,21,28H,7-8,11H2,1-2H3,(H,27,30)/t21-/m0/s1. The second kappa shape index (κ2) is 9.11. The number of carbonyl (C=O) groups excluding carboxylic acids is 2. The van der Waals surface area contributed by atoms with Gasteiger partial charge in [-0.15, -0.1) is 11.3 Å². The van der Waals surface area contributed by atoms with Gasteiger partial charge in [0.2, 0.25) is 0 Å². The minimum absolute atomic E-state index is 0.0901. The molecule has 34 heavy (non-hydrogen) atoms. The Hall–Kier alpha value is -2.78. The zero-order chi connectivity index (χ0) is 24.0. The van der Waals surface area contributed by atoms with Crippen LogP contribution in [0.4, 0.5) is 5.00 Å². The summed E-state index contributed by atoms with van der Waals surface area (Å²) in [5.41, 5.74) is 2.85. The van der Waals surface area contributed by atoms with Crippen molar-refractivity contribution >= 4 is 51.4 Å². The summed E-state index contributed by atoms with van der Waals surface area (Å²) in [6.45, 7) is 1.78. The van der Waals surface area contributed by atoms with E-state index in [2.05, 4.69) is 22.6 Å². The molecule has 0 bridgehead atoms. The van der Waals surface area contributed by atoms with Crippen LogP contribution in [0.5, 0.6) is 11.5 Å². The quantitative estimate of drug-likeness (QED) is 0.369. The predicted octanol–water partition coefficient (Wildman–Crippen LogP) is 5.12. The Balaban J connectivity index is 1.38. The normalized spacial score (nSPS) is 17.3. The maximum Gasteiger partial charge on any atom is 0.345 e. The summed E-state index contributed by atoms with van der Waals surface area (Å²) < 4.78 is 11.0. The lowest BCUT2D eigenvalue weighted by Gasteiger charge is -2.27. The molecule has 2 aliphatic rings. The molecule has 1 atom stereocenters. The Morgan fingerprint density at radius 2 is 1.97 bits per heavy atom. The average molecular weight is 518 g/mol. The molecule has 2 aromatic carbocycles. The summed E-state index contributed by atoms with van der Waals surface area (Å²) in [5, 5.41) is 7.97. The van der Waals surface area contributed by atoms with Crippen LogP contribution in [-0.2, 0) is 13.0 Å². The number of hydrogen-bond acceptors (Lipinski definition) is 7. The number of fused-ring (bicyclic) bond motifs is 3. The number of nitrogens with one attached hydrogen (secondary N) is 2. The number of thiophene rings is 1. The summed E-state index contributed by atoms with van der Waals surface area (Å²) in [7, 11) is 3.57. The second-order valence-corrected chi connectivity index (χ2v) is 10.1. The Morgan fingerprint density at radius 3 is 2.74 bits per heavy atom. The number of methoxy groups -OCH3 is 1. The van der Waals surface area contributed by atoms with E-state index in [9.17, 15) is 9.59 Å². The molecule has 0 aliphatic carbocycles. The molecular weight excluding hydrogens is 497 g/mol. The molecule has 0 saturated heterocycles. The van der Waals surface area contributed by atoms with E-state index in [-0.39, 0.29) is 22.2 Å². The number of benzene rings is 2.